The summed E-state index contributed by atoms with van der Waals surface area (Å²) in [7, 11) is 0. The van der Waals surface area contributed by atoms with Crippen molar-refractivity contribution in [1.82, 2.24) is 9.78 Å². The first-order chi connectivity index (χ1) is 11.7. The molecule has 4 rings (SSSR count). The SMILES string of the molecule is O=C(O)c1nn(C2CCCCO2)c2cc(N3CCOCC3)ccc12. The van der Waals surface area contributed by atoms with E-state index in [4.69, 9.17) is 9.47 Å². The zero-order valence-corrected chi connectivity index (χ0v) is 13.5. The van der Waals surface area contributed by atoms with Crippen LogP contribution in [0.2, 0.25) is 0 Å². The van der Waals surface area contributed by atoms with Crippen LogP contribution in [0.3, 0.4) is 0 Å². The minimum atomic E-state index is -1.01. The van der Waals surface area contributed by atoms with Crippen molar-refractivity contribution < 1.29 is 19.4 Å². The van der Waals surface area contributed by atoms with Gasteiger partial charge in [-0.25, -0.2) is 9.48 Å². The highest BCUT2D eigenvalue weighted by atomic mass is 16.5. The molecule has 2 saturated heterocycles. The Bertz CT molecular complexity index is 746. The molecule has 7 heteroatoms. The number of hydrogen-bond acceptors (Lipinski definition) is 5. The van der Waals surface area contributed by atoms with Gasteiger partial charge in [0.05, 0.1) is 18.7 Å². The van der Waals surface area contributed by atoms with E-state index in [1.807, 2.05) is 18.2 Å². The summed E-state index contributed by atoms with van der Waals surface area (Å²) in [6.07, 6.45) is 2.78. The molecule has 1 aromatic heterocycles. The first-order valence-corrected chi connectivity index (χ1v) is 8.44. The number of carboxylic acid groups (broad SMARTS) is 1. The van der Waals surface area contributed by atoms with Gasteiger partial charge in [-0.05, 0) is 37.5 Å². The number of ether oxygens (including phenoxy) is 2. The second-order valence-corrected chi connectivity index (χ2v) is 6.22. The van der Waals surface area contributed by atoms with Crippen molar-refractivity contribution in [2.24, 2.45) is 0 Å². The summed E-state index contributed by atoms with van der Waals surface area (Å²) >= 11 is 0. The molecule has 1 atom stereocenters. The molecule has 3 heterocycles. The number of hydrogen-bond donors (Lipinski definition) is 1. The third-order valence-electron chi connectivity index (χ3n) is 4.70. The molecule has 1 aromatic carbocycles. The maximum atomic E-state index is 11.6. The van der Waals surface area contributed by atoms with Gasteiger partial charge < -0.3 is 19.5 Å². The van der Waals surface area contributed by atoms with E-state index in [9.17, 15) is 9.90 Å². The molecule has 24 heavy (non-hydrogen) atoms. The standard InChI is InChI=1S/C17H21N3O4/c21-17(22)16-13-5-4-12(19-6-9-23-10-7-19)11-14(13)20(18-16)15-3-1-2-8-24-15/h4-5,11,15H,1-3,6-10H2,(H,21,22). The molecule has 7 nitrogen and oxygen atoms in total. The fourth-order valence-corrected chi connectivity index (χ4v) is 3.44. The molecule has 128 valence electrons. The molecule has 2 aliphatic rings. The summed E-state index contributed by atoms with van der Waals surface area (Å²) in [5, 5.41) is 14.5. The van der Waals surface area contributed by atoms with Gasteiger partial charge in [0.25, 0.3) is 0 Å². The second-order valence-electron chi connectivity index (χ2n) is 6.22. The number of anilines is 1. The van der Waals surface area contributed by atoms with E-state index in [1.165, 1.54) is 0 Å². The van der Waals surface area contributed by atoms with Gasteiger partial charge in [-0.1, -0.05) is 0 Å². The molecule has 0 aliphatic carbocycles. The van der Waals surface area contributed by atoms with Crippen molar-refractivity contribution >= 4 is 22.6 Å². The highest BCUT2D eigenvalue weighted by molar-refractivity contribution is 6.02. The van der Waals surface area contributed by atoms with Gasteiger partial charge in [0.2, 0.25) is 0 Å². The average molecular weight is 331 g/mol. The first kappa shape index (κ1) is 15.4. The van der Waals surface area contributed by atoms with Crippen molar-refractivity contribution in [3.05, 3.63) is 23.9 Å². The van der Waals surface area contributed by atoms with E-state index in [-0.39, 0.29) is 11.9 Å². The molecule has 2 aliphatic heterocycles. The Morgan fingerprint density at radius 2 is 2.04 bits per heavy atom. The Morgan fingerprint density at radius 1 is 1.21 bits per heavy atom. The fraction of sp³-hybridized carbons (Fsp3) is 0.529. The molecule has 0 radical (unpaired) electrons. The summed E-state index contributed by atoms with van der Waals surface area (Å²) in [5.41, 5.74) is 1.98. The van der Waals surface area contributed by atoms with Crippen LogP contribution in [-0.2, 0) is 9.47 Å². The number of morpholine rings is 1. The first-order valence-electron chi connectivity index (χ1n) is 8.44. The minimum Gasteiger partial charge on any atom is -0.476 e. The third kappa shape index (κ3) is 2.74. The Morgan fingerprint density at radius 3 is 2.75 bits per heavy atom. The van der Waals surface area contributed by atoms with E-state index >= 15 is 0 Å². The highest BCUT2D eigenvalue weighted by Gasteiger charge is 2.24. The predicted molar refractivity (Wildman–Crippen MR) is 88.6 cm³/mol. The van der Waals surface area contributed by atoms with Crippen LogP contribution in [0.1, 0.15) is 36.0 Å². The second kappa shape index (κ2) is 6.41. The van der Waals surface area contributed by atoms with E-state index < -0.39 is 5.97 Å². The van der Waals surface area contributed by atoms with E-state index in [2.05, 4.69) is 10.00 Å². The van der Waals surface area contributed by atoms with Crippen LogP contribution < -0.4 is 4.90 Å². The van der Waals surface area contributed by atoms with E-state index in [0.717, 1.165) is 43.6 Å². The molecule has 1 unspecified atom stereocenters. The quantitative estimate of drug-likeness (QED) is 0.930. The van der Waals surface area contributed by atoms with Gasteiger partial charge in [0, 0.05) is 30.8 Å². The number of aromatic nitrogens is 2. The molecule has 0 amide bonds. The third-order valence-corrected chi connectivity index (χ3v) is 4.70. The number of carbonyl (C=O) groups is 1. The number of aromatic carboxylic acids is 1. The minimum absolute atomic E-state index is 0.0905. The van der Waals surface area contributed by atoms with Crippen LogP contribution >= 0.6 is 0 Å². The number of fused-ring (bicyclic) bond motifs is 1. The van der Waals surface area contributed by atoms with Crippen LogP contribution in [-0.4, -0.2) is 53.8 Å². The Kier molecular flexibility index (Phi) is 4.12. The lowest BCUT2D eigenvalue weighted by Gasteiger charge is -2.29. The van der Waals surface area contributed by atoms with Crippen LogP contribution in [0.25, 0.3) is 10.9 Å². The maximum absolute atomic E-state index is 11.6. The lowest BCUT2D eigenvalue weighted by atomic mass is 10.1. The van der Waals surface area contributed by atoms with Crippen LogP contribution in [0.15, 0.2) is 18.2 Å². The normalized spacial score (nSPS) is 22.0. The van der Waals surface area contributed by atoms with Crippen molar-refractivity contribution in [2.75, 3.05) is 37.8 Å². The molecule has 0 spiro atoms. The molecule has 2 fully saturated rings. The number of rotatable bonds is 3. The Balaban J connectivity index is 1.78. The van der Waals surface area contributed by atoms with Crippen LogP contribution in [0, 0.1) is 0 Å². The Hall–Kier alpha value is -2.12. The molecular formula is C17H21N3O4. The van der Waals surface area contributed by atoms with Gasteiger partial charge in [-0.15, -0.1) is 0 Å². The summed E-state index contributed by atoms with van der Waals surface area (Å²) in [6.45, 7) is 3.79. The lowest BCUT2D eigenvalue weighted by molar-refractivity contribution is -0.0368. The lowest BCUT2D eigenvalue weighted by Crippen LogP contribution is -2.36. The predicted octanol–water partition coefficient (Wildman–Crippen LogP) is 2.27. The number of nitrogens with zero attached hydrogens (tertiary/aromatic N) is 3. The van der Waals surface area contributed by atoms with Gasteiger partial charge >= 0.3 is 5.97 Å². The summed E-state index contributed by atoms with van der Waals surface area (Å²) in [5.74, 6) is -1.01. The average Bonchev–Trinajstić information content (AvgIpc) is 3.02. The Labute approximate surface area is 139 Å². The van der Waals surface area contributed by atoms with Gasteiger partial charge in [0.15, 0.2) is 11.9 Å². The summed E-state index contributed by atoms with van der Waals surface area (Å²) in [4.78, 5) is 13.8. The van der Waals surface area contributed by atoms with Crippen molar-refractivity contribution in [1.29, 1.82) is 0 Å². The molecule has 2 aromatic rings. The number of benzene rings is 1. The summed E-state index contributed by atoms with van der Waals surface area (Å²) < 4.78 is 13.0. The van der Waals surface area contributed by atoms with Crippen LogP contribution in [0.5, 0.6) is 0 Å². The van der Waals surface area contributed by atoms with Gasteiger partial charge in [-0.3, -0.25) is 0 Å². The van der Waals surface area contributed by atoms with Gasteiger partial charge in [-0.2, -0.15) is 5.10 Å². The number of carboxylic acids is 1. The topological polar surface area (TPSA) is 76.8 Å². The van der Waals surface area contributed by atoms with E-state index in [1.54, 1.807) is 4.68 Å². The van der Waals surface area contributed by atoms with Crippen molar-refractivity contribution in [2.45, 2.75) is 25.5 Å². The molecular weight excluding hydrogens is 310 g/mol. The monoisotopic (exact) mass is 331 g/mol. The summed E-state index contributed by atoms with van der Waals surface area (Å²) in [6, 6.07) is 5.85. The highest BCUT2D eigenvalue weighted by Crippen LogP contribution is 2.31. The van der Waals surface area contributed by atoms with Crippen molar-refractivity contribution in [3.8, 4) is 0 Å². The molecule has 0 bridgehead atoms. The zero-order chi connectivity index (χ0) is 16.5. The molecule has 0 saturated carbocycles. The smallest absolute Gasteiger partial charge is 0.357 e. The van der Waals surface area contributed by atoms with Gasteiger partial charge in [0.1, 0.15) is 0 Å². The van der Waals surface area contributed by atoms with Crippen molar-refractivity contribution in [3.63, 3.8) is 0 Å². The van der Waals surface area contributed by atoms with Crippen LogP contribution in [0.4, 0.5) is 5.69 Å². The molecule has 1 N–H and O–H groups in total. The largest absolute Gasteiger partial charge is 0.476 e. The maximum Gasteiger partial charge on any atom is 0.357 e. The zero-order valence-electron chi connectivity index (χ0n) is 13.5. The van der Waals surface area contributed by atoms with E-state index in [0.29, 0.717) is 25.2 Å². The fourth-order valence-electron chi connectivity index (χ4n) is 3.44.